The predicted octanol–water partition coefficient (Wildman–Crippen LogP) is 4.68. The van der Waals surface area contributed by atoms with Crippen molar-refractivity contribution in [3.8, 4) is 22.5 Å². The van der Waals surface area contributed by atoms with Crippen LogP contribution in [0.1, 0.15) is 0 Å². The highest BCUT2D eigenvalue weighted by Crippen LogP contribution is 2.33. The van der Waals surface area contributed by atoms with Crippen molar-refractivity contribution in [3.05, 3.63) is 72.0 Å². The number of hydrogen-bond acceptors (Lipinski definition) is 6. The molecule has 1 saturated heterocycles. The third-order valence-electron chi connectivity index (χ3n) is 5.69. The van der Waals surface area contributed by atoms with Gasteiger partial charge in [0, 0.05) is 61.1 Å². The van der Waals surface area contributed by atoms with Gasteiger partial charge in [-0.3, -0.25) is 5.10 Å². The fourth-order valence-corrected chi connectivity index (χ4v) is 4.09. The first-order valence-corrected chi connectivity index (χ1v) is 11.0. The number of aromatic nitrogens is 4. The molecule has 0 amide bonds. The van der Waals surface area contributed by atoms with Gasteiger partial charge in [0.1, 0.15) is 5.69 Å². The zero-order valence-corrected chi connectivity index (χ0v) is 18.5. The summed E-state index contributed by atoms with van der Waals surface area (Å²) in [6.07, 6.45) is 3.57. The Labute approximate surface area is 192 Å². The quantitative estimate of drug-likeness (QED) is 0.464. The zero-order valence-electron chi connectivity index (χ0n) is 17.8. The van der Waals surface area contributed by atoms with E-state index in [2.05, 4.69) is 61.6 Å². The molecular weight excluding hydrogens is 422 g/mol. The second-order valence-corrected chi connectivity index (χ2v) is 8.26. The highest BCUT2D eigenvalue weighted by atomic mass is 35.5. The van der Waals surface area contributed by atoms with Crippen molar-refractivity contribution in [2.24, 2.45) is 0 Å². The monoisotopic (exact) mass is 445 g/mol. The largest absolute Gasteiger partial charge is 0.369 e. The summed E-state index contributed by atoms with van der Waals surface area (Å²) in [4.78, 5) is 13.9. The van der Waals surface area contributed by atoms with Gasteiger partial charge in [0.05, 0.1) is 10.7 Å². The van der Waals surface area contributed by atoms with Crippen LogP contribution in [0.15, 0.2) is 67.0 Å². The number of H-pyrrole nitrogens is 1. The van der Waals surface area contributed by atoms with Gasteiger partial charge in [0.15, 0.2) is 0 Å². The summed E-state index contributed by atoms with van der Waals surface area (Å²) in [7, 11) is 2.17. The van der Waals surface area contributed by atoms with Gasteiger partial charge in [0.25, 0.3) is 0 Å². The third-order valence-corrected chi connectivity index (χ3v) is 6.02. The molecule has 2 N–H and O–H groups in total. The van der Waals surface area contributed by atoms with Crippen LogP contribution in [0.2, 0.25) is 5.02 Å². The first-order chi connectivity index (χ1) is 15.7. The van der Waals surface area contributed by atoms with Gasteiger partial charge in [-0.15, -0.1) is 0 Å². The van der Waals surface area contributed by atoms with E-state index in [1.165, 1.54) is 5.69 Å². The topological polar surface area (TPSA) is 73.0 Å². The van der Waals surface area contributed by atoms with E-state index in [0.29, 0.717) is 11.0 Å². The van der Waals surface area contributed by atoms with Crippen molar-refractivity contribution in [2.45, 2.75) is 0 Å². The van der Waals surface area contributed by atoms with Crippen LogP contribution in [-0.4, -0.2) is 58.3 Å². The molecule has 2 aromatic heterocycles. The summed E-state index contributed by atoms with van der Waals surface area (Å²) >= 11 is 6.38. The van der Waals surface area contributed by atoms with Gasteiger partial charge in [-0.05, 0) is 43.4 Å². The molecule has 1 aliphatic rings. The predicted molar refractivity (Wildman–Crippen MR) is 129 cm³/mol. The lowest BCUT2D eigenvalue weighted by Gasteiger charge is -2.34. The third kappa shape index (κ3) is 4.30. The maximum Gasteiger partial charge on any atom is 0.227 e. The van der Waals surface area contributed by atoms with Gasteiger partial charge in [0.2, 0.25) is 5.95 Å². The standard InChI is InChI=1S/C24H24ClN7/c1-31-12-14-32(15-13-31)18-8-6-17(7-9-18)28-24-26-11-10-22(29-24)20-16-27-30-23(20)19-4-2-3-5-21(19)25/h2-11,16H,12-15H2,1H3,(H,27,30)(H,26,28,29). The lowest BCUT2D eigenvalue weighted by atomic mass is 10.1. The number of halogens is 1. The molecule has 4 aromatic rings. The number of benzene rings is 2. The van der Waals surface area contributed by atoms with E-state index in [-0.39, 0.29) is 0 Å². The van der Waals surface area contributed by atoms with E-state index in [0.717, 1.165) is 54.4 Å². The molecule has 2 aromatic carbocycles. The van der Waals surface area contributed by atoms with Crippen molar-refractivity contribution in [3.63, 3.8) is 0 Å². The molecule has 32 heavy (non-hydrogen) atoms. The number of piperazine rings is 1. The minimum absolute atomic E-state index is 0.529. The van der Waals surface area contributed by atoms with E-state index < -0.39 is 0 Å². The minimum atomic E-state index is 0.529. The summed E-state index contributed by atoms with van der Waals surface area (Å²) < 4.78 is 0. The van der Waals surface area contributed by atoms with Crippen LogP contribution in [0, 0.1) is 0 Å². The highest BCUT2D eigenvalue weighted by molar-refractivity contribution is 6.33. The number of likely N-dealkylation sites (N-methyl/N-ethyl adjacent to an activating group) is 1. The Hall–Kier alpha value is -3.42. The van der Waals surface area contributed by atoms with Crippen LogP contribution >= 0.6 is 11.6 Å². The number of hydrogen-bond donors (Lipinski definition) is 2. The molecule has 162 valence electrons. The lowest BCUT2D eigenvalue weighted by molar-refractivity contribution is 0.313. The molecule has 0 aliphatic carbocycles. The van der Waals surface area contributed by atoms with Crippen LogP contribution in [0.5, 0.6) is 0 Å². The smallest absolute Gasteiger partial charge is 0.227 e. The Balaban J connectivity index is 1.35. The molecule has 1 aliphatic heterocycles. The SMILES string of the molecule is CN1CCN(c2ccc(Nc3nccc(-c4c[nH]nc4-c4ccccc4Cl)n3)cc2)CC1. The highest BCUT2D eigenvalue weighted by Gasteiger charge is 2.16. The normalized spacial score (nSPS) is 14.5. The molecule has 0 radical (unpaired) electrons. The van der Waals surface area contributed by atoms with E-state index in [4.69, 9.17) is 16.6 Å². The number of nitrogens with zero attached hydrogens (tertiary/aromatic N) is 5. The number of rotatable bonds is 5. The zero-order chi connectivity index (χ0) is 21.9. The molecule has 0 bridgehead atoms. The van der Waals surface area contributed by atoms with Crippen LogP contribution in [0.3, 0.4) is 0 Å². The minimum Gasteiger partial charge on any atom is -0.369 e. The molecule has 0 atom stereocenters. The second-order valence-electron chi connectivity index (χ2n) is 7.86. The maximum atomic E-state index is 6.38. The van der Waals surface area contributed by atoms with Crippen molar-refractivity contribution in [2.75, 3.05) is 43.4 Å². The van der Waals surface area contributed by atoms with Crippen LogP contribution in [-0.2, 0) is 0 Å². The van der Waals surface area contributed by atoms with E-state index in [1.807, 2.05) is 36.5 Å². The van der Waals surface area contributed by atoms with E-state index in [9.17, 15) is 0 Å². The Morgan fingerprint density at radius 2 is 1.72 bits per heavy atom. The lowest BCUT2D eigenvalue weighted by Crippen LogP contribution is -2.44. The molecule has 0 spiro atoms. The second kappa shape index (κ2) is 8.98. The van der Waals surface area contributed by atoms with Gasteiger partial charge >= 0.3 is 0 Å². The van der Waals surface area contributed by atoms with Crippen LogP contribution in [0.25, 0.3) is 22.5 Å². The molecule has 7 nitrogen and oxygen atoms in total. The average Bonchev–Trinajstić information content (AvgIpc) is 3.30. The molecular formula is C24H24ClN7. The summed E-state index contributed by atoms with van der Waals surface area (Å²) in [6, 6.07) is 17.9. The Kier molecular flexibility index (Phi) is 5.75. The van der Waals surface area contributed by atoms with Crippen LogP contribution in [0.4, 0.5) is 17.3 Å². The Bertz CT molecular complexity index is 1200. The number of anilines is 3. The first kappa shape index (κ1) is 20.5. The maximum absolute atomic E-state index is 6.38. The average molecular weight is 446 g/mol. The summed E-state index contributed by atoms with van der Waals surface area (Å²) in [5.74, 6) is 0.529. The van der Waals surface area contributed by atoms with E-state index >= 15 is 0 Å². The van der Waals surface area contributed by atoms with Gasteiger partial charge in [-0.1, -0.05) is 29.8 Å². The van der Waals surface area contributed by atoms with E-state index in [1.54, 1.807) is 6.20 Å². The molecule has 8 heteroatoms. The Morgan fingerprint density at radius 1 is 0.938 bits per heavy atom. The number of nitrogens with one attached hydrogen (secondary N) is 2. The fraction of sp³-hybridized carbons (Fsp3) is 0.208. The first-order valence-electron chi connectivity index (χ1n) is 10.6. The molecule has 0 unspecified atom stereocenters. The van der Waals surface area contributed by atoms with Crippen molar-refractivity contribution in [1.82, 2.24) is 25.1 Å². The molecule has 1 fully saturated rings. The van der Waals surface area contributed by atoms with Gasteiger partial charge in [-0.25, -0.2) is 9.97 Å². The van der Waals surface area contributed by atoms with Gasteiger partial charge < -0.3 is 15.1 Å². The van der Waals surface area contributed by atoms with Crippen molar-refractivity contribution < 1.29 is 0 Å². The van der Waals surface area contributed by atoms with Crippen molar-refractivity contribution >= 4 is 28.9 Å². The van der Waals surface area contributed by atoms with Crippen LogP contribution < -0.4 is 10.2 Å². The van der Waals surface area contributed by atoms with Crippen molar-refractivity contribution in [1.29, 1.82) is 0 Å². The fourth-order valence-electron chi connectivity index (χ4n) is 3.86. The van der Waals surface area contributed by atoms with Gasteiger partial charge in [-0.2, -0.15) is 5.10 Å². The summed E-state index contributed by atoms with van der Waals surface area (Å²) in [5, 5.41) is 11.3. The summed E-state index contributed by atoms with van der Waals surface area (Å²) in [5.41, 5.74) is 5.43. The molecule has 5 rings (SSSR count). The molecule has 0 saturated carbocycles. The molecule has 3 heterocycles. The summed E-state index contributed by atoms with van der Waals surface area (Å²) in [6.45, 7) is 4.27. The number of aromatic amines is 1. The Morgan fingerprint density at radius 3 is 2.50 bits per heavy atom.